The van der Waals surface area contributed by atoms with Gasteiger partial charge in [-0.1, -0.05) is 0 Å². The van der Waals surface area contributed by atoms with Crippen LogP contribution in [-0.4, -0.2) is 46.1 Å². The Kier molecular flexibility index (Phi) is 4.38. The maximum absolute atomic E-state index is 13.7. The SMILES string of the molecule is O=S1(=O)CCCC1CNc1n[nH]c2nc(Oc3ccc(F)cc3F)ncc12. The van der Waals surface area contributed by atoms with E-state index in [1.807, 2.05) is 0 Å². The van der Waals surface area contributed by atoms with E-state index >= 15 is 0 Å². The van der Waals surface area contributed by atoms with Crippen LogP contribution in [0, 0.1) is 11.6 Å². The highest BCUT2D eigenvalue weighted by molar-refractivity contribution is 7.92. The molecule has 1 aromatic carbocycles. The second-order valence-electron chi connectivity index (χ2n) is 6.18. The third-order valence-electron chi connectivity index (χ3n) is 4.35. The average Bonchev–Trinajstić information content (AvgIpc) is 3.17. The van der Waals surface area contributed by atoms with Gasteiger partial charge >= 0.3 is 6.01 Å². The quantitative estimate of drug-likeness (QED) is 0.683. The van der Waals surface area contributed by atoms with Crippen LogP contribution in [0.5, 0.6) is 11.8 Å². The number of benzene rings is 1. The average molecular weight is 395 g/mol. The van der Waals surface area contributed by atoms with Crippen molar-refractivity contribution in [3.05, 3.63) is 36.0 Å². The van der Waals surface area contributed by atoms with Crippen LogP contribution in [0.15, 0.2) is 24.4 Å². The molecule has 4 rings (SSSR count). The molecule has 1 unspecified atom stereocenters. The van der Waals surface area contributed by atoms with Crippen LogP contribution in [0.3, 0.4) is 0 Å². The highest BCUT2D eigenvalue weighted by Gasteiger charge is 2.31. The number of nitrogens with one attached hydrogen (secondary N) is 2. The lowest BCUT2D eigenvalue weighted by molar-refractivity contribution is 0.409. The monoisotopic (exact) mass is 395 g/mol. The van der Waals surface area contributed by atoms with E-state index in [-0.39, 0.29) is 24.1 Å². The summed E-state index contributed by atoms with van der Waals surface area (Å²) in [6.07, 6.45) is 2.71. The molecule has 0 radical (unpaired) electrons. The molecule has 0 aliphatic carbocycles. The summed E-state index contributed by atoms with van der Waals surface area (Å²) in [4.78, 5) is 8.09. The largest absolute Gasteiger partial charge is 0.421 e. The molecule has 0 amide bonds. The molecule has 142 valence electrons. The lowest BCUT2D eigenvalue weighted by Gasteiger charge is -2.10. The van der Waals surface area contributed by atoms with Gasteiger partial charge in [0.15, 0.2) is 32.9 Å². The number of halogens is 2. The predicted octanol–water partition coefficient (Wildman–Crippen LogP) is 2.41. The van der Waals surface area contributed by atoms with Gasteiger partial charge in [-0.2, -0.15) is 10.1 Å². The molecule has 2 aromatic heterocycles. The molecule has 3 heterocycles. The van der Waals surface area contributed by atoms with Gasteiger partial charge in [0.1, 0.15) is 5.82 Å². The molecule has 0 bridgehead atoms. The Morgan fingerprint density at radius 3 is 2.93 bits per heavy atom. The van der Waals surface area contributed by atoms with E-state index in [1.54, 1.807) is 0 Å². The summed E-state index contributed by atoms with van der Waals surface area (Å²) in [5.74, 6) is -1.16. The number of H-pyrrole nitrogens is 1. The van der Waals surface area contributed by atoms with Gasteiger partial charge in [0.2, 0.25) is 0 Å². The van der Waals surface area contributed by atoms with Gasteiger partial charge in [-0.3, -0.25) is 5.10 Å². The Bertz CT molecular complexity index is 1100. The normalized spacial score (nSPS) is 18.7. The smallest absolute Gasteiger partial charge is 0.324 e. The maximum Gasteiger partial charge on any atom is 0.324 e. The Labute approximate surface area is 152 Å². The topological polar surface area (TPSA) is 110 Å². The minimum atomic E-state index is -3.06. The fourth-order valence-corrected chi connectivity index (χ4v) is 4.70. The van der Waals surface area contributed by atoms with Crippen molar-refractivity contribution in [2.24, 2.45) is 0 Å². The number of aromatic amines is 1. The summed E-state index contributed by atoms with van der Waals surface area (Å²) in [5.41, 5.74) is 0.333. The number of hydrogen-bond acceptors (Lipinski definition) is 7. The van der Waals surface area contributed by atoms with Crippen molar-refractivity contribution in [3.63, 3.8) is 0 Å². The van der Waals surface area contributed by atoms with Crippen molar-refractivity contribution in [2.45, 2.75) is 18.1 Å². The molecule has 11 heteroatoms. The Morgan fingerprint density at radius 2 is 2.19 bits per heavy atom. The van der Waals surface area contributed by atoms with Crippen LogP contribution >= 0.6 is 0 Å². The number of aromatic nitrogens is 4. The maximum atomic E-state index is 13.7. The van der Waals surface area contributed by atoms with E-state index in [4.69, 9.17) is 4.74 Å². The predicted molar refractivity (Wildman–Crippen MR) is 93.4 cm³/mol. The Morgan fingerprint density at radius 1 is 1.33 bits per heavy atom. The number of anilines is 1. The molecule has 8 nitrogen and oxygen atoms in total. The molecule has 2 N–H and O–H groups in total. The molecule has 0 saturated carbocycles. The number of nitrogens with zero attached hydrogens (tertiary/aromatic N) is 3. The van der Waals surface area contributed by atoms with Gasteiger partial charge in [-0.15, -0.1) is 0 Å². The van der Waals surface area contributed by atoms with E-state index in [2.05, 4.69) is 25.5 Å². The van der Waals surface area contributed by atoms with Crippen molar-refractivity contribution in [2.75, 3.05) is 17.6 Å². The minimum Gasteiger partial charge on any atom is -0.421 e. The molecule has 3 aromatic rings. The number of hydrogen-bond donors (Lipinski definition) is 2. The van der Waals surface area contributed by atoms with E-state index in [0.29, 0.717) is 35.8 Å². The second-order valence-corrected chi connectivity index (χ2v) is 8.58. The number of sulfone groups is 1. The van der Waals surface area contributed by atoms with Crippen molar-refractivity contribution < 1.29 is 21.9 Å². The van der Waals surface area contributed by atoms with Crippen LogP contribution in [0.1, 0.15) is 12.8 Å². The minimum absolute atomic E-state index is 0.137. The lowest BCUT2D eigenvalue weighted by Crippen LogP contribution is -2.25. The first kappa shape index (κ1) is 17.6. The lowest BCUT2D eigenvalue weighted by atomic mass is 10.2. The number of rotatable bonds is 5. The standard InChI is InChI=1S/C16H15F2N5O3S/c17-9-3-4-13(12(18)6-9)26-16-20-8-11-14(22-23-15(11)21-16)19-7-10-2-1-5-27(10,24)25/h3-4,6,8,10H,1-2,5,7H2,(H2,19,20,21,22,23). The van der Waals surface area contributed by atoms with Crippen molar-refractivity contribution in [1.29, 1.82) is 0 Å². The molecule has 1 aliphatic rings. The molecule has 1 atom stereocenters. The second kappa shape index (κ2) is 6.72. The number of ether oxygens (including phenoxy) is 1. The zero-order chi connectivity index (χ0) is 19.0. The summed E-state index contributed by atoms with van der Waals surface area (Å²) in [6, 6.07) is 2.76. The summed E-state index contributed by atoms with van der Waals surface area (Å²) in [6.45, 7) is 0.251. The van der Waals surface area contributed by atoms with E-state index in [1.165, 1.54) is 6.20 Å². The van der Waals surface area contributed by atoms with Crippen LogP contribution < -0.4 is 10.1 Å². The van der Waals surface area contributed by atoms with E-state index < -0.39 is 26.7 Å². The van der Waals surface area contributed by atoms with Gasteiger partial charge in [0.05, 0.1) is 16.4 Å². The number of fused-ring (bicyclic) bond motifs is 1. The first-order valence-electron chi connectivity index (χ1n) is 8.22. The summed E-state index contributed by atoms with van der Waals surface area (Å²) >= 11 is 0. The van der Waals surface area contributed by atoms with Crippen LogP contribution in [-0.2, 0) is 9.84 Å². The first-order valence-corrected chi connectivity index (χ1v) is 9.93. The summed E-state index contributed by atoms with van der Waals surface area (Å²) in [7, 11) is -3.06. The zero-order valence-electron chi connectivity index (χ0n) is 13.9. The van der Waals surface area contributed by atoms with Gasteiger partial charge < -0.3 is 10.1 Å². The molecule has 0 spiro atoms. The summed E-state index contributed by atoms with van der Waals surface area (Å²) in [5, 5.41) is 9.87. The van der Waals surface area contributed by atoms with E-state index in [9.17, 15) is 17.2 Å². The molecule has 27 heavy (non-hydrogen) atoms. The Hall–Kier alpha value is -2.82. The van der Waals surface area contributed by atoms with Crippen LogP contribution in [0.2, 0.25) is 0 Å². The third kappa shape index (κ3) is 3.54. The van der Waals surface area contributed by atoms with Crippen molar-refractivity contribution in [1.82, 2.24) is 20.2 Å². The fourth-order valence-electron chi connectivity index (χ4n) is 2.93. The van der Waals surface area contributed by atoms with Gasteiger partial charge in [0, 0.05) is 18.8 Å². The fraction of sp³-hybridized carbons (Fsp3) is 0.312. The Balaban J connectivity index is 1.51. The van der Waals surface area contributed by atoms with Gasteiger partial charge in [-0.05, 0) is 25.0 Å². The molecule has 1 aliphatic heterocycles. The van der Waals surface area contributed by atoms with Crippen LogP contribution in [0.4, 0.5) is 14.6 Å². The van der Waals surface area contributed by atoms with Crippen molar-refractivity contribution in [3.8, 4) is 11.8 Å². The molecular formula is C16H15F2N5O3S. The summed E-state index contributed by atoms with van der Waals surface area (Å²) < 4.78 is 55.6. The molecule has 1 fully saturated rings. The zero-order valence-corrected chi connectivity index (χ0v) is 14.8. The highest BCUT2D eigenvalue weighted by Crippen LogP contribution is 2.26. The van der Waals surface area contributed by atoms with Crippen LogP contribution in [0.25, 0.3) is 11.0 Å². The molecular weight excluding hydrogens is 380 g/mol. The van der Waals surface area contributed by atoms with Gasteiger partial charge in [0.25, 0.3) is 0 Å². The first-order chi connectivity index (χ1) is 12.9. The van der Waals surface area contributed by atoms with Crippen molar-refractivity contribution >= 4 is 26.7 Å². The van der Waals surface area contributed by atoms with E-state index in [0.717, 1.165) is 12.1 Å². The highest BCUT2D eigenvalue weighted by atomic mass is 32.2. The third-order valence-corrected chi connectivity index (χ3v) is 6.63. The van der Waals surface area contributed by atoms with Gasteiger partial charge in [-0.25, -0.2) is 22.2 Å². The molecule has 1 saturated heterocycles.